The summed E-state index contributed by atoms with van der Waals surface area (Å²) >= 11 is 6.50. The lowest BCUT2D eigenvalue weighted by molar-refractivity contribution is 0.112. The maximum atomic E-state index is 10.3. The van der Waals surface area contributed by atoms with Gasteiger partial charge in [-0.1, -0.05) is 0 Å². The van der Waals surface area contributed by atoms with Crippen molar-refractivity contribution in [3.8, 4) is 0 Å². The summed E-state index contributed by atoms with van der Waals surface area (Å²) in [6, 6.07) is 1.84. The fourth-order valence-corrected chi connectivity index (χ4v) is 3.16. The highest BCUT2D eigenvalue weighted by molar-refractivity contribution is 9.10. The molecule has 0 radical (unpaired) electrons. The van der Waals surface area contributed by atoms with Crippen LogP contribution in [-0.2, 0) is 0 Å². The molecule has 0 fully saturated rings. The van der Waals surface area contributed by atoms with Crippen molar-refractivity contribution >= 4 is 45.3 Å². The van der Waals surface area contributed by atoms with E-state index < -0.39 is 0 Å². The summed E-state index contributed by atoms with van der Waals surface area (Å²) < 4.78 is 2.18. The summed E-state index contributed by atoms with van der Waals surface area (Å²) in [6.07, 6.45) is 2.86. The van der Waals surface area contributed by atoms with Crippen LogP contribution in [0.15, 0.2) is 14.7 Å². The third-order valence-electron chi connectivity index (χ3n) is 0.976. The first-order valence-corrected chi connectivity index (χ1v) is 5.40. The molecule has 0 bridgehead atoms. The standard InChI is InChI=1S/C6H5BrOS2/c1-9-6-5(7)2-4(3-8)10-6/h2-3H,1H3. The summed E-state index contributed by atoms with van der Waals surface area (Å²) in [4.78, 5) is 11.0. The van der Waals surface area contributed by atoms with Gasteiger partial charge < -0.3 is 0 Å². The topological polar surface area (TPSA) is 17.1 Å². The summed E-state index contributed by atoms with van der Waals surface area (Å²) in [5.41, 5.74) is 0. The van der Waals surface area contributed by atoms with Gasteiger partial charge >= 0.3 is 0 Å². The van der Waals surface area contributed by atoms with Gasteiger partial charge in [-0.05, 0) is 28.3 Å². The van der Waals surface area contributed by atoms with Gasteiger partial charge in [-0.25, -0.2) is 0 Å². The molecule has 0 saturated heterocycles. The Bertz CT molecular complexity index is 244. The number of thioether (sulfide) groups is 1. The maximum absolute atomic E-state index is 10.3. The zero-order chi connectivity index (χ0) is 7.56. The lowest BCUT2D eigenvalue weighted by Gasteiger charge is -1.85. The summed E-state index contributed by atoms with van der Waals surface area (Å²) in [5.74, 6) is 0. The molecule has 10 heavy (non-hydrogen) atoms. The molecule has 4 heteroatoms. The minimum atomic E-state index is 0.774. The monoisotopic (exact) mass is 236 g/mol. The second kappa shape index (κ2) is 3.55. The largest absolute Gasteiger partial charge is 0.297 e. The second-order valence-corrected chi connectivity index (χ2v) is 4.62. The molecule has 0 aliphatic carbocycles. The minimum Gasteiger partial charge on any atom is -0.297 e. The molecule has 0 amide bonds. The van der Waals surface area contributed by atoms with Crippen molar-refractivity contribution in [2.24, 2.45) is 0 Å². The lowest BCUT2D eigenvalue weighted by Crippen LogP contribution is -1.62. The van der Waals surface area contributed by atoms with Gasteiger partial charge in [0.15, 0.2) is 6.29 Å². The number of carbonyl (C=O) groups is 1. The molecule has 0 aromatic carbocycles. The number of hydrogen-bond acceptors (Lipinski definition) is 3. The highest BCUT2D eigenvalue weighted by Crippen LogP contribution is 2.33. The van der Waals surface area contributed by atoms with E-state index in [1.165, 1.54) is 11.3 Å². The molecule has 54 valence electrons. The predicted molar refractivity (Wildman–Crippen MR) is 49.2 cm³/mol. The van der Waals surface area contributed by atoms with Gasteiger partial charge in [0, 0.05) is 4.47 Å². The number of halogens is 1. The maximum Gasteiger partial charge on any atom is 0.160 e. The van der Waals surface area contributed by atoms with Crippen molar-refractivity contribution in [1.29, 1.82) is 0 Å². The second-order valence-electron chi connectivity index (χ2n) is 1.61. The lowest BCUT2D eigenvalue weighted by atomic mass is 10.5. The summed E-state index contributed by atoms with van der Waals surface area (Å²) in [6.45, 7) is 0. The molecule has 1 heterocycles. The molecular formula is C6H5BrOS2. The molecule has 1 aromatic heterocycles. The molecule has 1 aromatic rings. The summed E-state index contributed by atoms with van der Waals surface area (Å²) in [5, 5.41) is 0. The molecule has 0 aliphatic heterocycles. The molecule has 0 atom stereocenters. The summed E-state index contributed by atoms with van der Waals surface area (Å²) in [7, 11) is 0. The van der Waals surface area contributed by atoms with Gasteiger partial charge in [-0.3, -0.25) is 4.79 Å². The van der Waals surface area contributed by atoms with Crippen molar-refractivity contribution in [3.63, 3.8) is 0 Å². The van der Waals surface area contributed by atoms with Crippen LogP contribution in [0.4, 0.5) is 0 Å². The number of aldehydes is 1. The first-order chi connectivity index (χ1) is 4.77. The van der Waals surface area contributed by atoms with Crippen LogP contribution >= 0.6 is 39.0 Å². The van der Waals surface area contributed by atoms with Crippen LogP contribution in [0.1, 0.15) is 9.67 Å². The van der Waals surface area contributed by atoms with Crippen LogP contribution < -0.4 is 0 Å². The van der Waals surface area contributed by atoms with Gasteiger partial charge in [-0.15, -0.1) is 23.1 Å². The number of rotatable bonds is 2. The van der Waals surface area contributed by atoms with E-state index in [1.54, 1.807) is 11.8 Å². The zero-order valence-corrected chi connectivity index (χ0v) is 8.48. The first-order valence-electron chi connectivity index (χ1n) is 2.56. The Labute approximate surface area is 76.0 Å². The Morgan fingerprint density at radius 2 is 2.50 bits per heavy atom. The first kappa shape index (κ1) is 8.30. The van der Waals surface area contributed by atoms with E-state index in [0.29, 0.717) is 0 Å². The predicted octanol–water partition coefficient (Wildman–Crippen LogP) is 3.05. The van der Waals surface area contributed by atoms with Gasteiger partial charge in [0.25, 0.3) is 0 Å². The Hall–Kier alpha value is 0.200. The van der Waals surface area contributed by atoms with E-state index in [-0.39, 0.29) is 0 Å². The van der Waals surface area contributed by atoms with Crippen LogP contribution in [0, 0.1) is 0 Å². The molecule has 0 aliphatic rings. The zero-order valence-electron chi connectivity index (χ0n) is 5.26. The highest BCUT2D eigenvalue weighted by atomic mass is 79.9. The fourth-order valence-electron chi connectivity index (χ4n) is 0.566. The van der Waals surface area contributed by atoms with Gasteiger partial charge in [0.05, 0.1) is 9.09 Å². The van der Waals surface area contributed by atoms with Gasteiger partial charge in [0.2, 0.25) is 0 Å². The average Bonchev–Trinajstić information content (AvgIpc) is 2.30. The Morgan fingerprint density at radius 1 is 1.80 bits per heavy atom. The molecule has 0 spiro atoms. The Balaban J connectivity index is 3.03. The van der Waals surface area contributed by atoms with E-state index >= 15 is 0 Å². The molecule has 1 nitrogen and oxygen atoms in total. The minimum absolute atomic E-state index is 0.774. The fraction of sp³-hybridized carbons (Fsp3) is 0.167. The number of thiophene rings is 1. The van der Waals surface area contributed by atoms with E-state index in [4.69, 9.17) is 0 Å². The smallest absolute Gasteiger partial charge is 0.160 e. The van der Waals surface area contributed by atoms with Crippen molar-refractivity contribution in [3.05, 3.63) is 15.4 Å². The van der Waals surface area contributed by atoms with E-state index in [9.17, 15) is 4.79 Å². The van der Waals surface area contributed by atoms with Crippen molar-refractivity contribution < 1.29 is 4.79 Å². The Morgan fingerprint density at radius 3 is 2.80 bits per heavy atom. The van der Waals surface area contributed by atoms with Gasteiger partial charge in [-0.2, -0.15) is 0 Å². The normalized spacial score (nSPS) is 9.80. The van der Waals surface area contributed by atoms with Crippen LogP contribution in [0.5, 0.6) is 0 Å². The number of hydrogen-bond donors (Lipinski definition) is 0. The van der Waals surface area contributed by atoms with E-state index in [0.717, 1.165) is 19.8 Å². The molecule has 1 rings (SSSR count). The third-order valence-corrected chi connectivity index (χ3v) is 4.32. The third kappa shape index (κ3) is 1.62. The van der Waals surface area contributed by atoms with Crippen molar-refractivity contribution in [2.75, 3.05) is 6.26 Å². The van der Waals surface area contributed by atoms with Crippen LogP contribution in [-0.4, -0.2) is 12.5 Å². The van der Waals surface area contributed by atoms with Crippen LogP contribution in [0.2, 0.25) is 0 Å². The van der Waals surface area contributed by atoms with Crippen molar-refractivity contribution in [2.45, 2.75) is 4.21 Å². The average molecular weight is 237 g/mol. The van der Waals surface area contributed by atoms with Crippen LogP contribution in [0.25, 0.3) is 0 Å². The molecule has 0 saturated carbocycles. The SMILES string of the molecule is CSc1sc(C=O)cc1Br. The Kier molecular flexibility index (Phi) is 2.95. The van der Waals surface area contributed by atoms with E-state index in [1.807, 2.05) is 12.3 Å². The van der Waals surface area contributed by atoms with Crippen LogP contribution in [0.3, 0.4) is 0 Å². The van der Waals surface area contributed by atoms with Crippen molar-refractivity contribution in [1.82, 2.24) is 0 Å². The number of carbonyl (C=O) groups excluding carboxylic acids is 1. The molecule has 0 N–H and O–H groups in total. The quantitative estimate of drug-likeness (QED) is 0.580. The molecular weight excluding hydrogens is 232 g/mol. The van der Waals surface area contributed by atoms with Gasteiger partial charge in [0.1, 0.15) is 0 Å². The highest BCUT2D eigenvalue weighted by Gasteiger charge is 2.03. The van der Waals surface area contributed by atoms with E-state index in [2.05, 4.69) is 15.9 Å². The molecule has 0 unspecified atom stereocenters.